The second-order valence-corrected chi connectivity index (χ2v) is 6.54. The van der Waals surface area contributed by atoms with Crippen molar-refractivity contribution in [2.75, 3.05) is 27.2 Å². The third-order valence-electron chi connectivity index (χ3n) is 4.33. The minimum atomic E-state index is -1.06. The third kappa shape index (κ3) is 3.01. The molecular weight excluding hydrogens is 308 g/mol. The number of carboxylic acids is 1. The molecule has 1 aliphatic rings. The number of fused-ring (bicyclic) bond motifs is 1. The van der Waals surface area contributed by atoms with E-state index in [-0.39, 0.29) is 17.2 Å². The molecule has 3 rings (SSSR count). The quantitative estimate of drug-likeness (QED) is 0.880. The second kappa shape index (κ2) is 6.28. The van der Waals surface area contributed by atoms with Crippen molar-refractivity contribution in [3.8, 4) is 5.75 Å². The Labute approximate surface area is 140 Å². The van der Waals surface area contributed by atoms with Gasteiger partial charge in [-0.2, -0.15) is 0 Å². The molecule has 2 aromatic rings. The van der Waals surface area contributed by atoms with Gasteiger partial charge >= 0.3 is 5.97 Å². The monoisotopic (exact) mass is 330 g/mol. The fraction of sp³-hybridized carbons (Fsp3) is 0.444. The van der Waals surface area contributed by atoms with Gasteiger partial charge in [-0.25, -0.2) is 4.79 Å². The number of aromatic carboxylic acids is 1. The molecule has 6 heteroatoms. The van der Waals surface area contributed by atoms with Crippen LogP contribution in [0.4, 0.5) is 0 Å². The topological polar surface area (TPSA) is 71.8 Å². The first kappa shape index (κ1) is 16.5. The fourth-order valence-corrected chi connectivity index (χ4v) is 2.92. The summed E-state index contributed by atoms with van der Waals surface area (Å²) in [7, 11) is 3.94. The molecule has 24 heavy (non-hydrogen) atoms. The number of nitrogens with zero attached hydrogens (tertiary/aromatic N) is 2. The molecule has 0 amide bonds. The smallest absolute Gasteiger partial charge is 0.352 e. The largest absolute Gasteiger partial charge is 0.492 e. The van der Waals surface area contributed by atoms with E-state index in [2.05, 4.69) is 0 Å². The molecule has 0 spiro atoms. The lowest BCUT2D eigenvalue weighted by molar-refractivity contribution is 0.0683. The summed E-state index contributed by atoms with van der Waals surface area (Å²) in [5.41, 5.74) is 0.815. The van der Waals surface area contributed by atoms with Gasteiger partial charge < -0.3 is 19.3 Å². The van der Waals surface area contributed by atoms with Gasteiger partial charge in [-0.1, -0.05) is 0 Å². The van der Waals surface area contributed by atoms with Gasteiger partial charge in [-0.3, -0.25) is 4.79 Å². The molecular formula is C18H22N2O4. The fourth-order valence-electron chi connectivity index (χ4n) is 2.92. The van der Waals surface area contributed by atoms with Crippen LogP contribution in [0, 0.1) is 6.92 Å². The van der Waals surface area contributed by atoms with Crippen molar-refractivity contribution in [2.45, 2.75) is 25.8 Å². The first-order valence-corrected chi connectivity index (χ1v) is 8.10. The number of ether oxygens (including phenoxy) is 1. The van der Waals surface area contributed by atoms with Gasteiger partial charge in [0.1, 0.15) is 18.1 Å². The molecule has 0 saturated heterocycles. The van der Waals surface area contributed by atoms with E-state index < -0.39 is 5.97 Å². The molecule has 6 nitrogen and oxygen atoms in total. The predicted octanol–water partition coefficient (Wildman–Crippen LogP) is 2.28. The molecule has 0 radical (unpaired) electrons. The van der Waals surface area contributed by atoms with Crippen molar-refractivity contribution >= 4 is 16.9 Å². The molecule has 1 aromatic heterocycles. The second-order valence-electron chi connectivity index (χ2n) is 6.54. The lowest BCUT2D eigenvalue weighted by Crippen LogP contribution is -2.22. The first-order valence-electron chi connectivity index (χ1n) is 8.10. The van der Waals surface area contributed by atoms with Crippen LogP contribution in [0.15, 0.2) is 23.0 Å². The normalized spacial score (nSPS) is 14.3. The first-order chi connectivity index (χ1) is 11.4. The molecule has 1 aliphatic carbocycles. The Morgan fingerprint density at radius 2 is 2.08 bits per heavy atom. The molecule has 1 heterocycles. The number of benzene rings is 1. The highest BCUT2D eigenvalue weighted by atomic mass is 16.5. The standard InChI is InChI=1S/C18H22N2O4/c1-11-16(18(22)23)20(12-4-5-12)15-10-13(24-9-8-19(2)3)6-7-14(15)17(11)21/h6-7,10,12H,4-5,8-9H2,1-3H3,(H,22,23). The Hall–Kier alpha value is -2.34. The Morgan fingerprint density at radius 3 is 2.67 bits per heavy atom. The number of hydrogen-bond acceptors (Lipinski definition) is 4. The van der Waals surface area contributed by atoms with Gasteiger partial charge in [0.25, 0.3) is 0 Å². The minimum absolute atomic E-state index is 0.0976. The van der Waals surface area contributed by atoms with E-state index in [4.69, 9.17) is 4.74 Å². The van der Waals surface area contributed by atoms with Crippen molar-refractivity contribution < 1.29 is 14.6 Å². The Bertz CT molecular complexity index is 850. The van der Waals surface area contributed by atoms with E-state index in [1.807, 2.05) is 19.0 Å². The average Bonchev–Trinajstić information content (AvgIpc) is 3.34. The lowest BCUT2D eigenvalue weighted by Gasteiger charge is -2.17. The highest BCUT2D eigenvalue weighted by molar-refractivity contribution is 5.93. The number of hydrogen-bond donors (Lipinski definition) is 1. The van der Waals surface area contributed by atoms with Crippen LogP contribution in [0.3, 0.4) is 0 Å². The average molecular weight is 330 g/mol. The Morgan fingerprint density at radius 1 is 1.38 bits per heavy atom. The van der Waals surface area contributed by atoms with Crippen LogP contribution in [0.2, 0.25) is 0 Å². The van der Waals surface area contributed by atoms with Crippen LogP contribution in [-0.4, -0.2) is 47.8 Å². The van der Waals surface area contributed by atoms with Gasteiger partial charge in [0.2, 0.25) is 0 Å². The molecule has 1 aromatic carbocycles. The number of pyridine rings is 1. The maximum atomic E-state index is 12.5. The van der Waals surface area contributed by atoms with Gasteiger partial charge in [0.15, 0.2) is 5.43 Å². The van der Waals surface area contributed by atoms with E-state index in [0.717, 1.165) is 19.4 Å². The summed E-state index contributed by atoms with van der Waals surface area (Å²) < 4.78 is 7.54. The third-order valence-corrected chi connectivity index (χ3v) is 4.33. The van der Waals surface area contributed by atoms with Crippen LogP contribution >= 0.6 is 0 Å². The number of aromatic nitrogens is 1. The van der Waals surface area contributed by atoms with Crippen molar-refractivity contribution in [2.24, 2.45) is 0 Å². The maximum Gasteiger partial charge on any atom is 0.352 e. The molecule has 0 bridgehead atoms. The maximum absolute atomic E-state index is 12.5. The van der Waals surface area contributed by atoms with Crippen molar-refractivity contribution in [1.29, 1.82) is 0 Å². The van der Waals surface area contributed by atoms with Crippen molar-refractivity contribution in [1.82, 2.24) is 9.47 Å². The molecule has 1 fully saturated rings. The Kier molecular flexibility index (Phi) is 4.32. The minimum Gasteiger partial charge on any atom is -0.492 e. The van der Waals surface area contributed by atoms with E-state index >= 15 is 0 Å². The number of carbonyl (C=O) groups is 1. The van der Waals surface area contributed by atoms with Crippen LogP contribution in [0.1, 0.15) is 34.9 Å². The van der Waals surface area contributed by atoms with Gasteiger partial charge in [-0.15, -0.1) is 0 Å². The highest BCUT2D eigenvalue weighted by Gasteiger charge is 2.30. The van der Waals surface area contributed by atoms with Gasteiger partial charge in [-0.05, 0) is 46.0 Å². The van der Waals surface area contributed by atoms with Gasteiger partial charge in [0, 0.05) is 29.6 Å². The summed E-state index contributed by atoms with van der Waals surface area (Å²) in [6.45, 7) is 2.90. The summed E-state index contributed by atoms with van der Waals surface area (Å²) in [5.74, 6) is -0.407. The zero-order valence-corrected chi connectivity index (χ0v) is 14.2. The molecule has 128 valence electrons. The van der Waals surface area contributed by atoms with E-state index in [1.54, 1.807) is 29.7 Å². The number of carboxylic acid groups (broad SMARTS) is 1. The summed E-state index contributed by atoms with van der Waals surface area (Å²) >= 11 is 0. The summed E-state index contributed by atoms with van der Waals surface area (Å²) in [6, 6.07) is 5.45. The van der Waals surface area contributed by atoms with E-state index in [9.17, 15) is 14.7 Å². The van der Waals surface area contributed by atoms with E-state index in [1.165, 1.54) is 0 Å². The van der Waals surface area contributed by atoms with E-state index in [0.29, 0.717) is 28.8 Å². The van der Waals surface area contributed by atoms with Crippen LogP contribution in [0.5, 0.6) is 5.75 Å². The van der Waals surface area contributed by atoms with Crippen LogP contribution < -0.4 is 10.2 Å². The molecule has 0 atom stereocenters. The molecule has 0 unspecified atom stereocenters. The van der Waals surface area contributed by atoms with Crippen molar-refractivity contribution in [3.05, 3.63) is 39.7 Å². The van der Waals surface area contributed by atoms with Crippen molar-refractivity contribution in [3.63, 3.8) is 0 Å². The summed E-state index contributed by atoms with van der Waals surface area (Å²) in [4.78, 5) is 26.3. The zero-order chi connectivity index (χ0) is 17.4. The predicted molar refractivity (Wildman–Crippen MR) is 92.2 cm³/mol. The highest BCUT2D eigenvalue weighted by Crippen LogP contribution is 2.39. The molecule has 1 N–H and O–H groups in total. The molecule has 0 aliphatic heterocycles. The molecule has 1 saturated carbocycles. The lowest BCUT2D eigenvalue weighted by atomic mass is 10.1. The number of likely N-dealkylation sites (N-methyl/N-ethyl adjacent to an activating group) is 1. The SMILES string of the molecule is Cc1c(C(=O)O)n(C2CC2)c2cc(OCCN(C)C)ccc2c1=O. The summed E-state index contributed by atoms with van der Waals surface area (Å²) in [6.07, 6.45) is 1.87. The van der Waals surface area contributed by atoms with Crippen LogP contribution in [0.25, 0.3) is 10.9 Å². The Balaban J connectivity index is 2.13. The van der Waals surface area contributed by atoms with Gasteiger partial charge in [0.05, 0.1) is 5.52 Å². The van der Waals surface area contributed by atoms with Crippen LogP contribution in [-0.2, 0) is 0 Å². The summed E-state index contributed by atoms with van der Waals surface area (Å²) in [5, 5.41) is 10.1. The number of rotatable bonds is 6. The zero-order valence-electron chi connectivity index (χ0n) is 14.2.